The monoisotopic (exact) mass is 844 g/mol. The van der Waals surface area contributed by atoms with Gasteiger partial charge >= 0.3 is 0 Å². The van der Waals surface area contributed by atoms with Gasteiger partial charge in [0.15, 0.2) is 0 Å². The van der Waals surface area contributed by atoms with E-state index < -0.39 is 0 Å². The number of aromatic nitrogens is 4. The van der Waals surface area contributed by atoms with Crippen LogP contribution >= 0.6 is 11.6 Å². The molecule has 0 amide bonds. The molecular weight excluding hydrogens is 796 g/mol. The Balaban J connectivity index is 0.000000174. The summed E-state index contributed by atoms with van der Waals surface area (Å²) in [5.74, 6) is 1.61. The molecule has 0 aliphatic rings. The number of halogens is 1. The van der Waals surface area contributed by atoms with Crippen LogP contribution in [0.25, 0.3) is 55.5 Å². The van der Waals surface area contributed by atoms with Crippen molar-refractivity contribution in [3.8, 4) is 44.8 Å². The largest absolute Gasteiger partial charge is 0.368 e. The summed E-state index contributed by atoms with van der Waals surface area (Å²) in [5.41, 5.74) is 23.4. The zero-order valence-electron chi connectivity index (χ0n) is 34.9. The maximum absolute atomic E-state index is 6.38. The van der Waals surface area contributed by atoms with Crippen LogP contribution in [0.15, 0.2) is 201 Å². The van der Waals surface area contributed by atoms with Gasteiger partial charge in [0.1, 0.15) is 11.6 Å². The van der Waals surface area contributed by atoms with Crippen LogP contribution in [-0.4, -0.2) is 45.1 Å². The highest BCUT2D eigenvalue weighted by molar-refractivity contribution is 6.30. The molecule has 9 rings (SSSR count). The molecule has 0 radical (unpaired) electrons. The zero-order valence-corrected chi connectivity index (χ0v) is 35.6. The fourth-order valence-electron chi connectivity index (χ4n) is 7.48. The second-order valence-corrected chi connectivity index (χ2v) is 15.8. The van der Waals surface area contributed by atoms with Gasteiger partial charge in [-0.1, -0.05) is 121 Å². The maximum Gasteiger partial charge on any atom is 0.126 e. The van der Waals surface area contributed by atoms with Gasteiger partial charge in [-0.15, -0.1) is 0 Å². The summed E-state index contributed by atoms with van der Waals surface area (Å²) < 4.78 is 0. The number of benzene rings is 5. The van der Waals surface area contributed by atoms with Crippen LogP contribution in [0.1, 0.15) is 11.1 Å². The quantitative estimate of drug-likeness (QED) is 0.0852. The molecule has 0 aliphatic heterocycles. The van der Waals surface area contributed by atoms with Crippen LogP contribution in [0.5, 0.6) is 0 Å². The summed E-state index contributed by atoms with van der Waals surface area (Å²) in [6.45, 7) is 1.28. The highest BCUT2D eigenvalue weighted by Crippen LogP contribution is 2.34. The molecular formula is C54H49ClN8. The highest BCUT2D eigenvalue weighted by Gasteiger charge is 2.14. The van der Waals surface area contributed by atoms with Gasteiger partial charge in [-0.25, -0.2) is 9.97 Å². The lowest BCUT2D eigenvalue weighted by Crippen LogP contribution is -2.31. The Kier molecular flexibility index (Phi) is 14.2. The Morgan fingerprint density at radius 3 is 1.38 bits per heavy atom. The number of nitrogens with one attached hydrogen (secondary N) is 2. The van der Waals surface area contributed by atoms with Gasteiger partial charge in [0.2, 0.25) is 0 Å². The first kappa shape index (κ1) is 42.5. The van der Waals surface area contributed by atoms with E-state index in [9.17, 15) is 0 Å². The van der Waals surface area contributed by atoms with Crippen LogP contribution < -0.4 is 22.1 Å². The van der Waals surface area contributed by atoms with Crippen molar-refractivity contribution in [3.63, 3.8) is 0 Å². The summed E-state index contributed by atoms with van der Waals surface area (Å²) in [4.78, 5) is 18.2. The smallest absolute Gasteiger partial charge is 0.126 e. The zero-order chi connectivity index (χ0) is 43.2. The van der Waals surface area contributed by atoms with E-state index >= 15 is 0 Å². The van der Waals surface area contributed by atoms with Crippen molar-refractivity contribution < 1.29 is 0 Å². The first-order chi connectivity index (χ1) is 30.9. The van der Waals surface area contributed by atoms with E-state index in [0.29, 0.717) is 18.1 Å². The van der Waals surface area contributed by atoms with Crippen LogP contribution in [0, 0.1) is 0 Å². The Labute approximate surface area is 374 Å². The van der Waals surface area contributed by atoms with E-state index in [1.165, 1.54) is 21.9 Å². The van der Waals surface area contributed by atoms with E-state index in [1.807, 2.05) is 97.1 Å². The molecule has 0 aliphatic carbocycles. The number of nitrogens with zero attached hydrogens (tertiary/aromatic N) is 4. The number of nitrogens with two attached hydrogens (primary N) is 2. The molecule has 2 atom stereocenters. The Morgan fingerprint density at radius 2 is 0.873 bits per heavy atom. The molecule has 9 aromatic rings. The van der Waals surface area contributed by atoms with Crippen LogP contribution in [0.2, 0.25) is 5.02 Å². The van der Waals surface area contributed by atoms with Crippen LogP contribution in [-0.2, 0) is 12.8 Å². The van der Waals surface area contributed by atoms with Crippen LogP contribution in [0.3, 0.4) is 0 Å². The minimum absolute atomic E-state index is 0.00117. The predicted molar refractivity (Wildman–Crippen MR) is 262 cm³/mol. The standard InChI is InChI=1S/C29H26N4.C25H23ClN4/c30-26(18-21-6-2-1-3-7-21)20-32-28-13-12-27(29(33-28)23-14-16-31-17-15-23)25-11-10-22-8-4-5-9-24(22)19-25;26-21-8-6-19(7-9-21)23-10-11-24(30-25(23)20-12-14-28-15-13-20)29-17-22(27)16-18-4-2-1-3-5-18/h1-17,19,26H,18,20,30H2,(H,32,33);1-15,22H,16-17,27H2,(H,29,30). The lowest BCUT2D eigenvalue weighted by Gasteiger charge is -2.16. The second kappa shape index (κ2) is 21.0. The minimum atomic E-state index is -0.00508. The van der Waals surface area contributed by atoms with E-state index in [1.54, 1.807) is 24.8 Å². The molecule has 312 valence electrons. The molecule has 0 bridgehead atoms. The third-order valence-corrected chi connectivity index (χ3v) is 10.9. The number of rotatable bonds is 14. The fourth-order valence-corrected chi connectivity index (χ4v) is 7.60. The van der Waals surface area contributed by atoms with Gasteiger partial charge in [0, 0.05) is 77.2 Å². The van der Waals surface area contributed by atoms with E-state index in [0.717, 1.165) is 69.2 Å². The summed E-state index contributed by atoms with van der Waals surface area (Å²) in [5, 5.41) is 9.97. The van der Waals surface area contributed by atoms with E-state index in [4.69, 9.17) is 33.0 Å². The highest BCUT2D eigenvalue weighted by atomic mass is 35.5. The predicted octanol–water partition coefficient (Wildman–Crippen LogP) is 11.4. The average Bonchev–Trinajstić information content (AvgIpc) is 3.34. The molecule has 63 heavy (non-hydrogen) atoms. The third kappa shape index (κ3) is 11.6. The van der Waals surface area contributed by atoms with E-state index in [-0.39, 0.29) is 12.1 Å². The summed E-state index contributed by atoms with van der Waals surface area (Å²) >= 11 is 6.06. The lowest BCUT2D eigenvalue weighted by atomic mass is 9.97. The fraction of sp³-hybridized carbons (Fsp3) is 0.111. The molecule has 8 nitrogen and oxygen atoms in total. The Morgan fingerprint density at radius 1 is 0.429 bits per heavy atom. The van der Waals surface area contributed by atoms with E-state index in [2.05, 4.69) is 99.5 Å². The molecule has 9 heteroatoms. The molecule has 0 fully saturated rings. The number of anilines is 2. The van der Waals surface area contributed by atoms with Crippen molar-refractivity contribution in [2.45, 2.75) is 24.9 Å². The van der Waals surface area contributed by atoms with Crippen molar-refractivity contribution in [2.75, 3.05) is 23.7 Å². The topological polar surface area (TPSA) is 128 Å². The molecule has 0 spiro atoms. The third-order valence-electron chi connectivity index (χ3n) is 10.7. The number of hydrogen-bond donors (Lipinski definition) is 4. The molecule has 5 aromatic carbocycles. The lowest BCUT2D eigenvalue weighted by molar-refractivity contribution is 0.698. The van der Waals surface area contributed by atoms with Crippen molar-refractivity contribution in [2.24, 2.45) is 11.5 Å². The van der Waals surface area contributed by atoms with Crippen molar-refractivity contribution >= 4 is 34.0 Å². The molecule has 4 aromatic heterocycles. The first-order valence-corrected chi connectivity index (χ1v) is 21.5. The van der Waals surface area contributed by atoms with Gasteiger partial charge < -0.3 is 22.1 Å². The van der Waals surface area contributed by atoms with Gasteiger partial charge in [-0.05, 0) is 113 Å². The van der Waals surface area contributed by atoms with Gasteiger partial charge in [0.05, 0.1) is 11.4 Å². The van der Waals surface area contributed by atoms with Crippen molar-refractivity contribution in [3.05, 3.63) is 217 Å². The average molecular weight is 845 g/mol. The number of hydrogen-bond acceptors (Lipinski definition) is 8. The number of fused-ring (bicyclic) bond motifs is 1. The normalized spacial score (nSPS) is 11.9. The maximum atomic E-state index is 6.38. The molecule has 0 saturated carbocycles. The minimum Gasteiger partial charge on any atom is -0.368 e. The van der Waals surface area contributed by atoms with Gasteiger partial charge in [-0.3, -0.25) is 9.97 Å². The summed E-state index contributed by atoms with van der Waals surface area (Å²) in [6.07, 6.45) is 8.79. The molecule has 4 heterocycles. The van der Waals surface area contributed by atoms with Crippen molar-refractivity contribution in [1.82, 2.24) is 19.9 Å². The Bertz CT molecular complexity index is 2830. The summed E-state index contributed by atoms with van der Waals surface area (Å²) in [6, 6.07) is 59.5. The molecule has 0 saturated heterocycles. The Hall–Kier alpha value is -7.23. The SMILES string of the molecule is NC(CNc1ccc(-c2ccc(Cl)cc2)c(-c2ccncc2)n1)Cc1ccccc1.NC(CNc1ccc(-c2ccc3ccccc3c2)c(-c2ccncc2)n1)Cc1ccccc1. The van der Waals surface area contributed by atoms with Gasteiger partial charge in [-0.2, -0.15) is 0 Å². The van der Waals surface area contributed by atoms with Crippen molar-refractivity contribution in [1.29, 1.82) is 0 Å². The summed E-state index contributed by atoms with van der Waals surface area (Å²) in [7, 11) is 0. The second-order valence-electron chi connectivity index (χ2n) is 15.4. The molecule has 6 N–H and O–H groups in total. The number of pyridine rings is 4. The van der Waals surface area contributed by atoms with Crippen LogP contribution in [0.4, 0.5) is 11.6 Å². The van der Waals surface area contributed by atoms with Gasteiger partial charge in [0.25, 0.3) is 0 Å². The molecule has 2 unspecified atom stereocenters. The first-order valence-electron chi connectivity index (χ1n) is 21.1.